The second-order valence-electron chi connectivity index (χ2n) is 2.77. The fraction of sp³-hybridized carbons (Fsp3) is 0.889. The summed E-state index contributed by atoms with van der Waals surface area (Å²) in [7, 11) is 0. The molecular weight excluding hydrogens is 138 g/mol. The van der Waals surface area contributed by atoms with Gasteiger partial charge in [0.15, 0.2) is 0 Å². The van der Waals surface area contributed by atoms with Crippen LogP contribution in [0.15, 0.2) is 0 Å². The summed E-state index contributed by atoms with van der Waals surface area (Å²) in [5.74, 6) is 0. The maximum atomic E-state index is 9.92. The molecule has 0 saturated carbocycles. The first-order valence-corrected chi connectivity index (χ1v) is 4.56. The van der Waals surface area contributed by atoms with E-state index in [-0.39, 0.29) is 0 Å². The van der Waals surface area contributed by atoms with Crippen molar-refractivity contribution >= 4 is 6.29 Å². The third-order valence-electron chi connectivity index (χ3n) is 1.60. The monoisotopic (exact) mass is 157 g/mol. The van der Waals surface area contributed by atoms with E-state index in [4.69, 9.17) is 0 Å². The highest BCUT2D eigenvalue weighted by Crippen LogP contribution is 1.95. The zero-order chi connectivity index (χ0) is 8.36. The van der Waals surface area contributed by atoms with Crippen molar-refractivity contribution in [2.75, 3.05) is 13.1 Å². The Hall–Kier alpha value is -0.370. The molecular formula is C9H19NO. The summed E-state index contributed by atoms with van der Waals surface area (Å²) in [5.41, 5.74) is 0. The molecule has 0 aromatic rings. The molecule has 0 heterocycles. The minimum atomic E-state index is 0.730. The van der Waals surface area contributed by atoms with Crippen LogP contribution in [0.2, 0.25) is 0 Å². The van der Waals surface area contributed by atoms with Gasteiger partial charge in [0, 0.05) is 6.42 Å². The molecule has 0 aliphatic heterocycles. The van der Waals surface area contributed by atoms with Crippen LogP contribution in [0, 0.1) is 0 Å². The van der Waals surface area contributed by atoms with Crippen LogP contribution < -0.4 is 5.32 Å². The largest absolute Gasteiger partial charge is 0.317 e. The highest BCUT2D eigenvalue weighted by molar-refractivity contribution is 5.48. The maximum Gasteiger partial charge on any atom is 0.119 e. The maximum absolute atomic E-state index is 9.92. The number of carbonyl (C=O) groups is 1. The van der Waals surface area contributed by atoms with Crippen molar-refractivity contribution in [2.45, 2.75) is 39.0 Å². The number of rotatable bonds is 8. The van der Waals surface area contributed by atoms with Crippen molar-refractivity contribution in [1.82, 2.24) is 5.32 Å². The molecule has 0 radical (unpaired) electrons. The third kappa shape index (κ3) is 9.63. The lowest BCUT2D eigenvalue weighted by Gasteiger charge is -2.00. The molecule has 0 saturated heterocycles. The van der Waals surface area contributed by atoms with Gasteiger partial charge in [-0.25, -0.2) is 0 Å². The van der Waals surface area contributed by atoms with Gasteiger partial charge >= 0.3 is 0 Å². The molecule has 1 N–H and O–H groups in total. The van der Waals surface area contributed by atoms with E-state index in [2.05, 4.69) is 12.2 Å². The zero-order valence-electron chi connectivity index (χ0n) is 7.44. The van der Waals surface area contributed by atoms with Crippen molar-refractivity contribution in [3.8, 4) is 0 Å². The van der Waals surface area contributed by atoms with Gasteiger partial charge in [0.25, 0.3) is 0 Å². The molecule has 0 spiro atoms. The standard InChI is InChI=1S/C9H19NO/c1-2-7-10-8-5-3-4-6-9-11/h9-10H,2-8H2,1H3. The van der Waals surface area contributed by atoms with Crippen molar-refractivity contribution in [1.29, 1.82) is 0 Å². The zero-order valence-corrected chi connectivity index (χ0v) is 7.44. The van der Waals surface area contributed by atoms with Crippen LogP contribution in [0.3, 0.4) is 0 Å². The van der Waals surface area contributed by atoms with Crippen molar-refractivity contribution < 1.29 is 4.79 Å². The molecule has 0 bridgehead atoms. The lowest BCUT2D eigenvalue weighted by molar-refractivity contribution is -0.107. The summed E-state index contributed by atoms with van der Waals surface area (Å²) >= 11 is 0. The Balaban J connectivity index is 2.74. The summed E-state index contributed by atoms with van der Waals surface area (Å²) in [6.07, 6.45) is 6.36. The molecule has 0 aliphatic carbocycles. The van der Waals surface area contributed by atoms with Gasteiger partial charge in [-0.05, 0) is 32.4 Å². The van der Waals surface area contributed by atoms with E-state index in [1.807, 2.05) is 0 Å². The Morgan fingerprint density at radius 3 is 2.64 bits per heavy atom. The summed E-state index contributed by atoms with van der Waals surface area (Å²) in [5, 5.41) is 3.32. The lowest BCUT2D eigenvalue weighted by Crippen LogP contribution is -2.15. The third-order valence-corrected chi connectivity index (χ3v) is 1.60. The van der Waals surface area contributed by atoms with E-state index in [1.54, 1.807) is 0 Å². The predicted molar refractivity (Wildman–Crippen MR) is 47.7 cm³/mol. The molecule has 0 amide bonds. The van der Waals surface area contributed by atoms with Crippen LogP contribution in [0.5, 0.6) is 0 Å². The van der Waals surface area contributed by atoms with E-state index in [0.29, 0.717) is 0 Å². The van der Waals surface area contributed by atoms with Gasteiger partial charge in [-0.2, -0.15) is 0 Å². The lowest BCUT2D eigenvalue weighted by atomic mass is 10.2. The van der Waals surface area contributed by atoms with E-state index >= 15 is 0 Å². The van der Waals surface area contributed by atoms with Crippen LogP contribution in [-0.2, 0) is 4.79 Å². The average Bonchev–Trinajstić information content (AvgIpc) is 2.03. The SMILES string of the molecule is CCCNCCCCCC=O. The number of hydrogen-bond acceptors (Lipinski definition) is 2. The first-order chi connectivity index (χ1) is 5.41. The molecule has 0 fully saturated rings. The molecule has 0 atom stereocenters. The number of aldehydes is 1. The number of unbranched alkanes of at least 4 members (excludes halogenated alkanes) is 3. The highest BCUT2D eigenvalue weighted by atomic mass is 16.1. The summed E-state index contributed by atoms with van der Waals surface area (Å²) in [6.45, 7) is 4.39. The van der Waals surface area contributed by atoms with Crippen molar-refractivity contribution in [3.63, 3.8) is 0 Å². The number of carbonyl (C=O) groups excluding carboxylic acids is 1. The summed E-state index contributed by atoms with van der Waals surface area (Å²) in [4.78, 5) is 9.92. The van der Waals surface area contributed by atoms with E-state index in [1.165, 1.54) is 19.3 Å². The predicted octanol–water partition coefficient (Wildman–Crippen LogP) is 1.75. The quantitative estimate of drug-likeness (QED) is 0.429. The summed E-state index contributed by atoms with van der Waals surface area (Å²) < 4.78 is 0. The van der Waals surface area contributed by atoms with Crippen LogP contribution >= 0.6 is 0 Å². The first-order valence-electron chi connectivity index (χ1n) is 4.56. The molecule has 0 aromatic carbocycles. The Bertz CT molecular complexity index is 83.6. The van der Waals surface area contributed by atoms with Gasteiger partial charge in [-0.1, -0.05) is 13.3 Å². The fourth-order valence-corrected chi connectivity index (χ4v) is 0.956. The van der Waals surface area contributed by atoms with E-state index in [0.717, 1.165) is 32.2 Å². The molecule has 0 aromatic heterocycles. The Morgan fingerprint density at radius 2 is 2.00 bits per heavy atom. The topological polar surface area (TPSA) is 29.1 Å². The van der Waals surface area contributed by atoms with Gasteiger partial charge < -0.3 is 10.1 Å². The van der Waals surface area contributed by atoms with Crippen molar-refractivity contribution in [2.24, 2.45) is 0 Å². The highest BCUT2D eigenvalue weighted by Gasteiger charge is 1.87. The molecule has 2 heteroatoms. The van der Waals surface area contributed by atoms with Gasteiger partial charge in [0.05, 0.1) is 0 Å². The molecule has 0 aliphatic rings. The van der Waals surface area contributed by atoms with Crippen LogP contribution in [0.4, 0.5) is 0 Å². The number of nitrogens with one attached hydrogen (secondary N) is 1. The van der Waals surface area contributed by atoms with Crippen molar-refractivity contribution in [3.05, 3.63) is 0 Å². The van der Waals surface area contributed by atoms with Gasteiger partial charge in [0.1, 0.15) is 6.29 Å². The van der Waals surface area contributed by atoms with Crippen LogP contribution in [0.25, 0.3) is 0 Å². The molecule has 2 nitrogen and oxygen atoms in total. The second kappa shape index (κ2) is 9.63. The normalized spacial score (nSPS) is 9.91. The van der Waals surface area contributed by atoms with E-state index < -0.39 is 0 Å². The minimum absolute atomic E-state index is 0.730. The molecule has 66 valence electrons. The van der Waals surface area contributed by atoms with Crippen LogP contribution in [0.1, 0.15) is 39.0 Å². The minimum Gasteiger partial charge on any atom is -0.317 e. The van der Waals surface area contributed by atoms with Gasteiger partial charge in [0.2, 0.25) is 0 Å². The van der Waals surface area contributed by atoms with E-state index in [9.17, 15) is 4.79 Å². The first kappa shape index (κ1) is 10.6. The molecule has 0 rings (SSSR count). The fourth-order valence-electron chi connectivity index (χ4n) is 0.956. The Morgan fingerprint density at radius 1 is 1.18 bits per heavy atom. The Labute approximate surface area is 69.4 Å². The molecule has 0 unspecified atom stereocenters. The smallest absolute Gasteiger partial charge is 0.119 e. The number of hydrogen-bond donors (Lipinski definition) is 1. The van der Waals surface area contributed by atoms with Crippen LogP contribution in [-0.4, -0.2) is 19.4 Å². The average molecular weight is 157 g/mol. The second-order valence-corrected chi connectivity index (χ2v) is 2.77. The van der Waals surface area contributed by atoms with Gasteiger partial charge in [-0.3, -0.25) is 0 Å². The molecule has 11 heavy (non-hydrogen) atoms. The van der Waals surface area contributed by atoms with Gasteiger partial charge in [-0.15, -0.1) is 0 Å². The Kier molecular flexibility index (Phi) is 9.31. The summed E-state index contributed by atoms with van der Waals surface area (Å²) in [6, 6.07) is 0.